The largest absolute Gasteiger partial charge is 0.0622 e. The van der Waals surface area contributed by atoms with Gasteiger partial charge < -0.3 is 0 Å². The normalized spacial score (nSPS) is 12.6. The first-order chi connectivity index (χ1) is 72.7. The zero-order valence-electron chi connectivity index (χ0n) is 86.2. The highest BCUT2D eigenvalue weighted by molar-refractivity contribution is 6.39. The van der Waals surface area contributed by atoms with Crippen LogP contribution >= 0.6 is 0 Å². The van der Waals surface area contributed by atoms with Gasteiger partial charge >= 0.3 is 0 Å². The van der Waals surface area contributed by atoms with Gasteiger partial charge in [0.1, 0.15) is 0 Å². The predicted molar refractivity (Wildman–Crippen MR) is 646 cm³/mol. The molecule has 706 valence electrons. The molecule has 0 amide bonds. The lowest BCUT2D eigenvalue weighted by atomic mass is 9.79. The van der Waals surface area contributed by atoms with Gasteiger partial charge in [-0.05, 0) is 423 Å². The van der Waals surface area contributed by atoms with Crippen molar-refractivity contribution in [1.29, 1.82) is 0 Å². The first-order valence-electron chi connectivity index (χ1n) is 53.6. The van der Waals surface area contributed by atoms with Crippen molar-refractivity contribution in [2.45, 2.75) is 112 Å². The Labute approximate surface area is 869 Å². The molecule has 0 N–H and O–H groups in total. The molecule has 0 saturated heterocycles. The van der Waals surface area contributed by atoms with Crippen LogP contribution < -0.4 is 0 Å². The molecule has 0 bridgehead atoms. The molecule has 28 aromatic rings. The second kappa shape index (κ2) is 33.2. The minimum absolute atomic E-state index is 0.0563. The van der Waals surface area contributed by atoms with Gasteiger partial charge in [0.15, 0.2) is 0 Å². The molecule has 0 atom stereocenters. The van der Waals surface area contributed by atoms with Gasteiger partial charge in [-0.15, -0.1) is 0 Å². The van der Waals surface area contributed by atoms with E-state index in [-0.39, 0.29) is 10.8 Å². The highest BCUT2D eigenvalue weighted by atomic mass is 14.4. The Hall–Kier alpha value is -17.2. The van der Waals surface area contributed by atoms with E-state index in [1.54, 1.807) is 0 Å². The Balaban J connectivity index is 0.000000106. The lowest BCUT2D eigenvalue weighted by Crippen LogP contribution is -2.10. The Morgan fingerprint density at radius 2 is 0.423 bits per heavy atom. The van der Waals surface area contributed by atoms with Gasteiger partial charge in [-0.25, -0.2) is 0 Å². The fourth-order valence-corrected chi connectivity index (χ4v) is 26.9. The number of benzene rings is 28. The molecular weight excluding hydrogens is 1790 g/mol. The molecular formula is C149H110. The minimum Gasteiger partial charge on any atom is -0.0622 e. The Morgan fingerprint density at radius 3 is 0.826 bits per heavy atom. The molecule has 0 unspecified atom stereocenters. The van der Waals surface area contributed by atoms with Gasteiger partial charge in [0.05, 0.1) is 0 Å². The SMILES string of the molecule is CC(C)(C)c1cc2ccc3ccc4c5c(cc(c1)c2c35)-c1c-4c(-c2ccccc2)c2cc3ccccc3cc2c1-c1ccccc1.CC(C)(C)c1cc2ccc3ccc4c5c(cc(c1)c2c35)-c1cc2c(-c3ccccc3)c3ccccc3c(-c3ccccc3)c2cc1-4.CC(C)c1cc(C(C)C)c(-c2ccc3c(-c4ccccc4)c4cc5c(cc4c(-c4ccccc4)c3c2)-c2cc3cccc4ccc6ccc-5c2c6c43)c(C(C)C)c1. The highest BCUT2D eigenvalue weighted by Crippen LogP contribution is 2.64. The van der Waals surface area contributed by atoms with Crippen molar-refractivity contribution in [3.8, 4) is 145 Å². The van der Waals surface area contributed by atoms with E-state index in [4.69, 9.17) is 0 Å². The summed E-state index contributed by atoms with van der Waals surface area (Å²) in [6, 6.07) is 163. The summed E-state index contributed by atoms with van der Waals surface area (Å²) in [5.74, 6) is 1.26. The Morgan fingerprint density at radius 1 is 0.141 bits per heavy atom. The van der Waals surface area contributed by atoms with Crippen LogP contribution in [0.5, 0.6) is 0 Å². The van der Waals surface area contributed by atoms with Gasteiger partial charge in [0.25, 0.3) is 0 Å². The molecule has 0 radical (unpaired) electrons. The molecule has 3 aliphatic carbocycles. The summed E-state index contributed by atoms with van der Waals surface area (Å²) in [7, 11) is 0. The van der Waals surface area contributed by atoms with Crippen LogP contribution in [0.25, 0.3) is 306 Å². The molecule has 0 saturated carbocycles. The van der Waals surface area contributed by atoms with E-state index >= 15 is 0 Å². The summed E-state index contributed by atoms with van der Waals surface area (Å²) < 4.78 is 0. The van der Waals surface area contributed by atoms with Gasteiger partial charge in [-0.1, -0.05) is 453 Å². The quantitative estimate of drug-likeness (QED) is 0.0946. The van der Waals surface area contributed by atoms with Crippen molar-refractivity contribution in [3.63, 3.8) is 0 Å². The molecule has 0 aromatic heterocycles. The highest BCUT2D eigenvalue weighted by Gasteiger charge is 2.37. The second-order valence-corrected chi connectivity index (χ2v) is 45.6. The van der Waals surface area contributed by atoms with Crippen LogP contribution in [-0.4, -0.2) is 0 Å². The van der Waals surface area contributed by atoms with Crippen LogP contribution in [0.15, 0.2) is 431 Å². The number of hydrogen-bond donors (Lipinski definition) is 0. The van der Waals surface area contributed by atoms with Gasteiger partial charge in [0, 0.05) is 0 Å². The minimum atomic E-state index is 0.0563. The fraction of sp³-hybridized carbons (Fsp3) is 0.114. The van der Waals surface area contributed by atoms with Crippen molar-refractivity contribution in [2.75, 3.05) is 0 Å². The third-order valence-electron chi connectivity index (χ3n) is 33.8. The van der Waals surface area contributed by atoms with Crippen molar-refractivity contribution < 1.29 is 0 Å². The van der Waals surface area contributed by atoms with Crippen LogP contribution in [0.1, 0.15) is 129 Å². The van der Waals surface area contributed by atoms with Crippen LogP contribution in [0.2, 0.25) is 0 Å². The molecule has 149 heavy (non-hydrogen) atoms. The summed E-state index contributed by atoms with van der Waals surface area (Å²) >= 11 is 0. The maximum atomic E-state index is 2.55. The van der Waals surface area contributed by atoms with Crippen LogP contribution in [0.3, 0.4) is 0 Å². The zero-order valence-corrected chi connectivity index (χ0v) is 86.2. The summed E-state index contributed by atoms with van der Waals surface area (Å²) in [5, 5.41) is 40.0. The number of fused-ring (bicyclic) bond motifs is 15. The van der Waals surface area contributed by atoms with Gasteiger partial charge in [0.2, 0.25) is 0 Å². The predicted octanol–water partition coefficient (Wildman–Crippen LogP) is 43.2. The van der Waals surface area contributed by atoms with Crippen LogP contribution in [0.4, 0.5) is 0 Å². The third kappa shape index (κ3) is 13.5. The zero-order chi connectivity index (χ0) is 100. The van der Waals surface area contributed by atoms with Gasteiger partial charge in [-0.3, -0.25) is 0 Å². The molecule has 31 rings (SSSR count). The van der Waals surface area contributed by atoms with Crippen LogP contribution in [-0.2, 0) is 10.8 Å². The van der Waals surface area contributed by atoms with Crippen molar-refractivity contribution in [3.05, 3.63) is 459 Å². The number of hydrogen-bond acceptors (Lipinski definition) is 0. The molecule has 28 aromatic carbocycles. The summed E-state index contributed by atoms with van der Waals surface area (Å²) in [6.07, 6.45) is 0. The average Bonchev–Trinajstić information content (AvgIpc) is 1.54. The van der Waals surface area contributed by atoms with Crippen LogP contribution in [0, 0.1) is 0 Å². The maximum absolute atomic E-state index is 2.55. The molecule has 0 heteroatoms. The molecule has 0 spiro atoms. The first-order valence-corrected chi connectivity index (χ1v) is 53.6. The summed E-state index contributed by atoms with van der Waals surface area (Å²) in [4.78, 5) is 0. The lowest BCUT2D eigenvalue weighted by molar-refractivity contribution is 0.591. The van der Waals surface area contributed by atoms with E-state index in [0.717, 1.165) is 0 Å². The first kappa shape index (κ1) is 88.3. The van der Waals surface area contributed by atoms with Gasteiger partial charge in [-0.2, -0.15) is 0 Å². The average molecular weight is 1900 g/mol. The molecule has 0 heterocycles. The maximum Gasteiger partial charge on any atom is -0.000719 e. The molecule has 0 fully saturated rings. The molecule has 3 aliphatic rings. The van der Waals surface area contributed by atoms with E-state index in [2.05, 4.69) is 514 Å². The second-order valence-electron chi connectivity index (χ2n) is 45.6. The molecule has 0 aliphatic heterocycles. The standard InChI is InChI=1S/C57H46.2C46H32/c1-32(2)41-28-44(33(3)4)55(45(29-41)34(5)6)40-23-25-43-48(27-40)54(36-16-11-8-12-17-36)51-31-47-46(30-50(51)53(43)35-14-9-7-10-15-35)42-24-22-38-21-20-37-18-13-19-39-26-49(47)57(42)56(38)52(37)39;1-46(2,3)32-22-30-19-18-29-20-21-35-36-25-39-40(26-37(36)38-24-31(23-32)41(30)44(29)45(35)38)43(28-14-8-5-9-15-28)34-17-11-10-16-33(34)42(39)27-12-6-4-7-13-27;1-46(2,3)34-22-32-19-18-29-20-21-35-43-38(26-33(23-34)39(32)42(29)43)45-41(28-14-8-5-9-15-28)37-25-31-17-11-10-16-30(31)24-36(37)40(44(35)45)27-12-6-4-7-13-27/h7-34H,1-6H3;2*4-26H,1-3H3. The van der Waals surface area contributed by atoms with E-state index in [9.17, 15) is 0 Å². The van der Waals surface area contributed by atoms with E-state index in [1.165, 1.54) is 334 Å². The summed E-state index contributed by atoms with van der Waals surface area (Å²) in [5.41, 5.74) is 41.5. The topological polar surface area (TPSA) is 0 Å². The van der Waals surface area contributed by atoms with Crippen molar-refractivity contribution in [1.82, 2.24) is 0 Å². The van der Waals surface area contributed by atoms with Crippen molar-refractivity contribution in [2.24, 2.45) is 0 Å². The van der Waals surface area contributed by atoms with Crippen molar-refractivity contribution >= 4 is 162 Å². The molecule has 0 nitrogen and oxygen atoms in total. The van der Waals surface area contributed by atoms with E-state index in [1.807, 2.05) is 0 Å². The smallest absolute Gasteiger partial charge is 0.000719 e. The lowest BCUT2D eigenvalue weighted by Gasteiger charge is -2.24. The third-order valence-corrected chi connectivity index (χ3v) is 33.8. The Bertz CT molecular complexity index is 10500. The van der Waals surface area contributed by atoms with E-state index in [0.29, 0.717) is 17.8 Å². The Kier molecular flexibility index (Phi) is 19.7. The summed E-state index contributed by atoms with van der Waals surface area (Å²) in [6.45, 7) is 28.0. The van der Waals surface area contributed by atoms with E-state index < -0.39 is 0 Å². The fourth-order valence-electron chi connectivity index (χ4n) is 26.9. The number of rotatable bonds is 10. The monoisotopic (exact) mass is 1900 g/mol.